The van der Waals surface area contributed by atoms with Gasteiger partial charge >= 0.3 is 0 Å². The first-order chi connectivity index (χ1) is 7.88. The van der Waals surface area contributed by atoms with E-state index >= 15 is 0 Å². The molecule has 0 aliphatic heterocycles. The summed E-state index contributed by atoms with van der Waals surface area (Å²) in [5.74, 6) is 0. The Bertz CT molecular complexity index is 338. The van der Waals surface area contributed by atoms with Gasteiger partial charge in [0.1, 0.15) is 0 Å². The predicted octanol–water partition coefficient (Wildman–Crippen LogP) is 3.43. The van der Waals surface area contributed by atoms with Crippen LogP contribution in [0.3, 0.4) is 0 Å². The van der Waals surface area contributed by atoms with E-state index in [4.69, 9.17) is 5.73 Å². The highest BCUT2D eigenvalue weighted by atomic mass is 32.1. The second kappa shape index (κ2) is 5.98. The molecule has 98 valence electrons. The molecule has 1 aromatic heterocycles. The largest absolute Gasteiger partial charge is 0.329 e. The monoisotopic (exact) mass is 254 g/mol. The maximum absolute atomic E-state index is 5.87. The van der Waals surface area contributed by atoms with Crippen molar-refractivity contribution in [3.05, 3.63) is 21.9 Å². The van der Waals surface area contributed by atoms with Crippen molar-refractivity contribution in [2.75, 3.05) is 6.54 Å². The van der Waals surface area contributed by atoms with E-state index in [1.54, 1.807) is 0 Å². The number of thiophene rings is 1. The summed E-state index contributed by atoms with van der Waals surface area (Å²) in [5.41, 5.74) is 6.10. The zero-order valence-corrected chi connectivity index (χ0v) is 12.5. The maximum atomic E-state index is 5.87. The minimum absolute atomic E-state index is 0.235. The fraction of sp³-hybridized carbons (Fsp3) is 0.714. The smallest absolute Gasteiger partial charge is 0.0541 e. The Balaban J connectivity index is 2.79. The summed E-state index contributed by atoms with van der Waals surface area (Å²) in [4.78, 5) is 2.79. The highest BCUT2D eigenvalue weighted by Gasteiger charge is 2.19. The Morgan fingerprint density at radius 1 is 1.35 bits per heavy atom. The van der Waals surface area contributed by atoms with Gasteiger partial charge in [-0.25, -0.2) is 0 Å². The van der Waals surface area contributed by atoms with Gasteiger partial charge < -0.3 is 11.1 Å². The van der Waals surface area contributed by atoms with Gasteiger partial charge in [-0.2, -0.15) is 0 Å². The first kappa shape index (κ1) is 14.7. The van der Waals surface area contributed by atoms with Gasteiger partial charge in [0.25, 0.3) is 0 Å². The summed E-state index contributed by atoms with van der Waals surface area (Å²) in [6.45, 7) is 11.8. The molecule has 0 saturated heterocycles. The van der Waals surface area contributed by atoms with Crippen molar-refractivity contribution in [1.82, 2.24) is 5.32 Å². The topological polar surface area (TPSA) is 38.0 Å². The number of nitrogens with two attached hydrogens (primary N) is 1. The van der Waals surface area contributed by atoms with Crippen LogP contribution in [0.5, 0.6) is 0 Å². The normalized spacial score (nSPS) is 15.9. The van der Waals surface area contributed by atoms with Crippen molar-refractivity contribution in [2.24, 2.45) is 5.73 Å². The van der Waals surface area contributed by atoms with Crippen LogP contribution < -0.4 is 11.1 Å². The van der Waals surface area contributed by atoms with Gasteiger partial charge in [0.15, 0.2) is 0 Å². The summed E-state index contributed by atoms with van der Waals surface area (Å²) in [5, 5.41) is 3.58. The van der Waals surface area contributed by atoms with E-state index in [0.717, 1.165) is 6.42 Å². The average Bonchev–Trinajstić information content (AvgIpc) is 2.74. The molecular weight excluding hydrogens is 228 g/mol. The lowest BCUT2D eigenvalue weighted by Gasteiger charge is -2.20. The van der Waals surface area contributed by atoms with Crippen LogP contribution >= 0.6 is 11.3 Å². The summed E-state index contributed by atoms with van der Waals surface area (Å²) >= 11 is 1.88. The van der Waals surface area contributed by atoms with Gasteiger partial charge in [0.05, 0.1) is 6.04 Å². The molecule has 1 heterocycles. The fourth-order valence-corrected chi connectivity index (χ4v) is 2.81. The lowest BCUT2D eigenvalue weighted by atomic mass is 9.95. The molecule has 0 bridgehead atoms. The van der Waals surface area contributed by atoms with Crippen molar-refractivity contribution in [1.29, 1.82) is 0 Å². The van der Waals surface area contributed by atoms with Crippen molar-refractivity contribution in [3.8, 4) is 0 Å². The van der Waals surface area contributed by atoms with E-state index in [-0.39, 0.29) is 5.41 Å². The van der Waals surface area contributed by atoms with E-state index < -0.39 is 0 Å². The summed E-state index contributed by atoms with van der Waals surface area (Å²) in [6, 6.07) is 5.27. The lowest BCUT2D eigenvalue weighted by Crippen LogP contribution is -2.34. The Hall–Kier alpha value is -0.380. The molecule has 0 aromatic carbocycles. The van der Waals surface area contributed by atoms with Gasteiger partial charge in [-0.05, 0) is 30.9 Å². The first-order valence-electron chi connectivity index (χ1n) is 6.44. The zero-order chi connectivity index (χ0) is 13.1. The molecule has 2 atom stereocenters. The average molecular weight is 254 g/mol. The van der Waals surface area contributed by atoms with Crippen molar-refractivity contribution >= 4 is 11.3 Å². The van der Waals surface area contributed by atoms with Gasteiger partial charge in [-0.15, -0.1) is 11.3 Å². The molecule has 0 aliphatic carbocycles. The molecular formula is C14H26N2S. The third-order valence-electron chi connectivity index (χ3n) is 3.04. The van der Waals surface area contributed by atoms with E-state index in [1.165, 1.54) is 9.75 Å². The van der Waals surface area contributed by atoms with Gasteiger partial charge in [-0.1, -0.05) is 27.7 Å². The molecule has 0 saturated carbocycles. The molecule has 0 amide bonds. The molecule has 0 spiro atoms. The van der Waals surface area contributed by atoms with E-state index in [0.29, 0.717) is 18.6 Å². The van der Waals surface area contributed by atoms with Crippen molar-refractivity contribution < 1.29 is 0 Å². The van der Waals surface area contributed by atoms with Gasteiger partial charge in [-0.3, -0.25) is 0 Å². The number of nitrogens with one attached hydrogen (secondary N) is 1. The summed E-state index contributed by atoms with van der Waals surface area (Å²) in [6.07, 6.45) is 1.13. The van der Waals surface area contributed by atoms with Crippen LogP contribution in [0.1, 0.15) is 56.8 Å². The van der Waals surface area contributed by atoms with Crippen LogP contribution in [0.25, 0.3) is 0 Å². The standard InChI is InChI=1S/C14H26N2S/c1-6-10(2)16-11(9-15)12-7-8-13(17-12)14(3,4)5/h7-8,10-11,16H,6,9,15H2,1-5H3. The van der Waals surface area contributed by atoms with Crippen molar-refractivity contribution in [3.63, 3.8) is 0 Å². The van der Waals surface area contributed by atoms with Crippen molar-refractivity contribution in [2.45, 2.75) is 58.5 Å². The molecule has 0 aliphatic rings. The third-order valence-corrected chi connectivity index (χ3v) is 4.67. The third kappa shape index (κ3) is 4.09. The second-order valence-electron chi connectivity index (χ2n) is 5.72. The zero-order valence-electron chi connectivity index (χ0n) is 11.7. The lowest BCUT2D eigenvalue weighted by molar-refractivity contribution is 0.456. The Morgan fingerprint density at radius 3 is 2.41 bits per heavy atom. The van der Waals surface area contributed by atoms with E-state index in [2.05, 4.69) is 52.1 Å². The van der Waals surface area contributed by atoms with E-state index in [9.17, 15) is 0 Å². The molecule has 17 heavy (non-hydrogen) atoms. The van der Waals surface area contributed by atoms with Crippen LogP contribution in [0, 0.1) is 0 Å². The van der Waals surface area contributed by atoms with Gasteiger partial charge in [0.2, 0.25) is 0 Å². The van der Waals surface area contributed by atoms with Crippen LogP contribution in [-0.2, 0) is 5.41 Å². The van der Waals surface area contributed by atoms with Crippen LogP contribution in [0.2, 0.25) is 0 Å². The Kier molecular flexibility index (Phi) is 5.17. The summed E-state index contributed by atoms with van der Waals surface area (Å²) < 4.78 is 0. The predicted molar refractivity (Wildman–Crippen MR) is 77.7 cm³/mol. The minimum Gasteiger partial charge on any atom is -0.329 e. The highest BCUT2D eigenvalue weighted by molar-refractivity contribution is 7.12. The fourth-order valence-electron chi connectivity index (χ4n) is 1.67. The van der Waals surface area contributed by atoms with Crippen LogP contribution in [0.15, 0.2) is 12.1 Å². The minimum atomic E-state index is 0.235. The SMILES string of the molecule is CCC(C)NC(CN)c1ccc(C(C)(C)C)s1. The molecule has 0 fully saturated rings. The van der Waals surface area contributed by atoms with Gasteiger partial charge in [0, 0.05) is 22.3 Å². The van der Waals surface area contributed by atoms with Crippen LogP contribution in [0.4, 0.5) is 0 Å². The maximum Gasteiger partial charge on any atom is 0.0541 e. The molecule has 0 radical (unpaired) electrons. The quantitative estimate of drug-likeness (QED) is 0.845. The molecule has 3 N–H and O–H groups in total. The molecule has 1 aromatic rings. The second-order valence-corrected chi connectivity index (χ2v) is 6.83. The first-order valence-corrected chi connectivity index (χ1v) is 7.26. The number of hydrogen-bond acceptors (Lipinski definition) is 3. The number of rotatable bonds is 5. The molecule has 1 rings (SSSR count). The molecule has 2 unspecified atom stereocenters. The van der Waals surface area contributed by atoms with Crippen LogP contribution in [-0.4, -0.2) is 12.6 Å². The van der Waals surface area contributed by atoms with E-state index in [1.807, 2.05) is 11.3 Å². The number of hydrogen-bond donors (Lipinski definition) is 2. The Labute approximate surface area is 110 Å². The molecule has 2 nitrogen and oxygen atoms in total. The summed E-state index contributed by atoms with van der Waals surface area (Å²) in [7, 11) is 0. The molecule has 3 heteroatoms. The Morgan fingerprint density at radius 2 is 2.00 bits per heavy atom. The highest BCUT2D eigenvalue weighted by Crippen LogP contribution is 2.32.